The number of carboxylic acids is 1. The van der Waals surface area contributed by atoms with E-state index in [4.69, 9.17) is 4.74 Å². The molecule has 6 nitrogen and oxygen atoms in total. The highest BCUT2D eigenvalue weighted by molar-refractivity contribution is 5.80. The summed E-state index contributed by atoms with van der Waals surface area (Å²) in [6, 6.07) is 17.7. The number of likely N-dealkylation sites (N-methyl/N-ethyl adjacent to an activating group) is 1. The van der Waals surface area contributed by atoms with E-state index in [0.29, 0.717) is 0 Å². The molecule has 2 aromatic carbocycles. The van der Waals surface area contributed by atoms with Gasteiger partial charge in [-0.05, 0) is 50.7 Å². The lowest BCUT2D eigenvalue weighted by Gasteiger charge is -2.30. The van der Waals surface area contributed by atoms with Crippen LogP contribution in [-0.2, 0) is 22.6 Å². The average molecular weight is 523 g/mol. The van der Waals surface area contributed by atoms with Crippen LogP contribution in [0.3, 0.4) is 0 Å². The van der Waals surface area contributed by atoms with Crippen molar-refractivity contribution in [2.45, 2.75) is 109 Å². The van der Waals surface area contributed by atoms with Crippen molar-refractivity contribution in [3.63, 3.8) is 0 Å². The van der Waals surface area contributed by atoms with Crippen molar-refractivity contribution in [2.24, 2.45) is 0 Å². The van der Waals surface area contributed by atoms with Gasteiger partial charge in [-0.1, -0.05) is 98.7 Å². The lowest BCUT2D eigenvalue weighted by molar-refractivity contribution is -0.142. The Morgan fingerprint density at radius 1 is 0.868 bits per heavy atom. The SMILES string of the molecule is C1CCC(NC2CCCCC2)CC1.CCN(C(=O)OCc1ccccc1)[C@@H](Cc1ccc(C)cc1)C(=O)O. The van der Waals surface area contributed by atoms with Gasteiger partial charge in [-0.25, -0.2) is 9.59 Å². The monoisotopic (exact) mass is 522 g/mol. The Morgan fingerprint density at radius 3 is 1.92 bits per heavy atom. The first-order chi connectivity index (χ1) is 18.5. The number of aryl methyl sites for hydroxylation is 1. The third-order valence-electron chi connectivity index (χ3n) is 7.67. The van der Waals surface area contributed by atoms with Crippen LogP contribution in [0.2, 0.25) is 0 Å². The summed E-state index contributed by atoms with van der Waals surface area (Å²) < 4.78 is 5.29. The summed E-state index contributed by atoms with van der Waals surface area (Å²) in [5.74, 6) is -1.04. The molecular weight excluding hydrogens is 476 g/mol. The average Bonchev–Trinajstić information content (AvgIpc) is 2.95. The van der Waals surface area contributed by atoms with Gasteiger partial charge in [0.05, 0.1) is 0 Å². The number of nitrogens with zero attached hydrogens (tertiary/aromatic N) is 1. The first-order valence-electron chi connectivity index (χ1n) is 14.5. The highest BCUT2D eigenvalue weighted by Gasteiger charge is 2.30. The quantitative estimate of drug-likeness (QED) is 0.375. The summed E-state index contributed by atoms with van der Waals surface area (Å²) in [4.78, 5) is 25.3. The Balaban J connectivity index is 0.000000256. The molecule has 0 saturated heterocycles. The topological polar surface area (TPSA) is 78.9 Å². The molecule has 2 aliphatic rings. The van der Waals surface area contributed by atoms with Gasteiger partial charge >= 0.3 is 12.1 Å². The Bertz CT molecular complexity index is 935. The van der Waals surface area contributed by atoms with E-state index in [0.717, 1.165) is 28.8 Å². The number of carbonyl (C=O) groups excluding carboxylic acids is 1. The molecule has 1 amide bonds. The van der Waals surface area contributed by atoms with Gasteiger partial charge in [0.2, 0.25) is 0 Å². The molecule has 6 heteroatoms. The van der Waals surface area contributed by atoms with E-state index in [1.807, 2.05) is 61.5 Å². The van der Waals surface area contributed by atoms with E-state index >= 15 is 0 Å². The molecule has 2 aliphatic carbocycles. The van der Waals surface area contributed by atoms with Gasteiger partial charge in [0.1, 0.15) is 12.6 Å². The van der Waals surface area contributed by atoms with E-state index < -0.39 is 18.1 Å². The van der Waals surface area contributed by atoms with Crippen LogP contribution in [0.4, 0.5) is 4.79 Å². The first kappa shape index (κ1) is 29.7. The van der Waals surface area contributed by atoms with Crippen LogP contribution < -0.4 is 5.32 Å². The zero-order chi connectivity index (χ0) is 27.2. The number of hydrogen-bond donors (Lipinski definition) is 2. The fourth-order valence-electron chi connectivity index (χ4n) is 5.43. The number of nitrogens with one attached hydrogen (secondary N) is 1. The molecule has 0 bridgehead atoms. The molecule has 0 heterocycles. The number of hydrogen-bond acceptors (Lipinski definition) is 4. The Morgan fingerprint density at radius 2 is 1.42 bits per heavy atom. The number of aliphatic carboxylic acids is 1. The van der Waals surface area contributed by atoms with Crippen LogP contribution in [0.5, 0.6) is 0 Å². The second kappa shape index (κ2) is 16.2. The Hall–Kier alpha value is -2.86. The minimum absolute atomic E-state index is 0.118. The van der Waals surface area contributed by atoms with Gasteiger partial charge in [0.15, 0.2) is 0 Å². The van der Waals surface area contributed by atoms with Crippen molar-refractivity contribution in [1.82, 2.24) is 10.2 Å². The summed E-state index contributed by atoms with van der Waals surface area (Å²) in [6.07, 6.45) is 14.2. The van der Waals surface area contributed by atoms with Crippen molar-refractivity contribution >= 4 is 12.1 Å². The van der Waals surface area contributed by atoms with Crippen LogP contribution in [0.15, 0.2) is 54.6 Å². The maximum absolute atomic E-state index is 12.4. The van der Waals surface area contributed by atoms with Crippen molar-refractivity contribution in [1.29, 1.82) is 0 Å². The van der Waals surface area contributed by atoms with Gasteiger partial charge in [0.25, 0.3) is 0 Å². The number of amides is 1. The molecule has 208 valence electrons. The van der Waals surface area contributed by atoms with Gasteiger partial charge in [-0.2, -0.15) is 0 Å². The zero-order valence-electron chi connectivity index (χ0n) is 23.2. The van der Waals surface area contributed by atoms with Crippen molar-refractivity contribution < 1.29 is 19.4 Å². The molecular formula is C32H46N2O4. The largest absolute Gasteiger partial charge is 0.480 e. The van der Waals surface area contributed by atoms with Gasteiger partial charge in [-0.3, -0.25) is 4.90 Å². The highest BCUT2D eigenvalue weighted by atomic mass is 16.6. The molecule has 0 aromatic heterocycles. The molecule has 2 saturated carbocycles. The highest BCUT2D eigenvalue weighted by Crippen LogP contribution is 2.22. The van der Waals surface area contributed by atoms with E-state index in [1.165, 1.54) is 69.1 Å². The second-order valence-electron chi connectivity index (χ2n) is 10.7. The van der Waals surface area contributed by atoms with E-state index in [-0.39, 0.29) is 19.6 Å². The molecule has 2 N–H and O–H groups in total. The molecule has 0 radical (unpaired) electrons. The Labute approximate surface area is 228 Å². The van der Waals surface area contributed by atoms with E-state index in [9.17, 15) is 14.7 Å². The molecule has 2 aromatic rings. The summed E-state index contributed by atoms with van der Waals surface area (Å²) in [7, 11) is 0. The predicted molar refractivity (Wildman–Crippen MR) is 152 cm³/mol. The van der Waals surface area contributed by atoms with Crippen molar-refractivity contribution in [2.75, 3.05) is 6.54 Å². The molecule has 0 spiro atoms. The van der Waals surface area contributed by atoms with Gasteiger partial charge in [-0.15, -0.1) is 0 Å². The number of carboxylic acid groups (broad SMARTS) is 1. The fraction of sp³-hybridized carbons (Fsp3) is 0.562. The summed E-state index contributed by atoms with van der Waals surface area (Å²) in [6.45, 7) is 4.09. The van der Waals surface area contributed by atoms with Crippen LogP contribution >= 0.6 is 0 Å². The van der Waals surface area contributed by atoms with Crippen LogP contribution in [0.1, 0.15) is 87.8 Å². The predicted octanol–water partition coefficient (Wildman–Crippen LogP) is 6.89. The fourth-order valence-corrected chi connectivity index (χ4v) is 5.43. The maximum atomic E-state index is 12.4. The summed E-state index contributed by atoms with van der Waals surface area (Å²) in [5.41, 5.74) is 2.83. The molecule has 38 heavy (non-hydrogen) atoms. The first-order valence-corrected chi connectivity index (χ1v) is 14.5. The number of ether oxygens (including phenoxy) is 1. The van der Waals surface area contributed by atoms with Crippen LogP contribution in [0.25, 0.3) is 0 Å². The van der Waals surface area contributed by atoms with Crippen LogP contribution in [0, 0.1) is 6.92 Å². The Kier molecular flexibility index (Phi) is 12.6. The van der Waals surface area contributed by atoms with E-state index in [2.05, 4.69) is 5.32 Å². The molecule has 4 rings (SSSR count). The third-order valence-corrected chi connectivity index (χ3v) is 7.67. The normalized spacial score (nSPS) is 17.1. The van der Waals surface area contributed by atoms with E-state index in [1.54, 1.807) is 6.92 Å². The van der Waals surface area contributed by atoms with Crippen LogP contribution in [-0.4, -0.2) is 46.7 Å². The third kappa shape index (κ3) is 10.1. The standard InChI is InChI=1S/C20H23NO4.C12H23N/c1-3-21(20(24)25-14-17-7-5-4-6-8-17)18(19(22)23)13-16-11-9-15(2)10-12-16;1-3-7-11(8-4-1)13-12-9-5-2-6-10-12/h4-12,18H,3,13-14H2,1-2H3,(H,22,23);11-13H,1-10H2/t18-;/m0./s1. The molecule has 1 atom stereocenters. The summed E-state index contributed by atoms with van der Waals surface area (Å²) in [5, 5.41) is 13.4. The second-order valence-corrected chi connectivity index (χ2v) is 10.7. The number of rotatable bonds is 9. The zero-order valence-corrected chi connectivity index (χ0v) is 23.2. The number of carbonyl (C=O) groups is 2. The van der Waals surface area contributed by atoms with Crippen molar-refractivity contribution in [3.05, 3.63) is 71.3 Å². The lowest BCUT2D eigenvalue weighted by atomic mass is 9.91. The van der Waals surface area contributed by atoms with Gasteiger partial charge in [0, 0.05) is 25.0 Å². The van der Waals surface area contributed by atoms with Gasteiger partial charge < -0.3 is 15.2 Å². The molecule has 0 aliphatic heterocycles. The summed E-state index contributed by atoms with van der Waals surface area (Å²) >= 11 is 0. The minimum atomic E-state index is -1.04. The lowest BCUT2D eigenvalue weighted by Crippen LogP contribution is -2.46. The molecule has 0 unspecified atom stereocenters. The smallest absolute Gasteiger partial charge is 0.410 e. The molecule has 2 fully saturated rings. The van der Waals surface area contributed by atoms with Crippen molar-refractivity contribution in [3.8, 4) is 0 Å². The maximum Gasteiger partial charge on any atom is 0.410 e. The number of benzene rings is 2. The minimum Gasteiger partial charge on any atom is -0.480 e.